The molecule has 1 aliphatic heterocycles. The number of thioether (sulfide) groups is 1. The third-order valence-electron chi connectivity index (χ3n) is 3.21. The van der Waals surface area contributed by atoms with E-state index in [0.29, 0.717) is 19.8 Å². The Kier molecular flexibility index (Phi) is 4.66. The van der Waals surface area contributed by atoms with Crippen LogP contribution in [0.3, 0.4) is 0 Å². The predicted molar refractivity (Wildman–Crippen MR) is 73.6 cm³/mol. The largest absolute Gasteiger partial charge is 0.381 e. The lowest BCUT2D eigenvalue weighted by Gasteiger charge is -2.20. The van der Waals surface area contributed by atoms with E-state index in [1.807, 2.05) is 13.1 Å². The number of ether oxygens (including phenoxy) is 1. The molecule has 0 aromatic heterocycles. The molecule has 3 nitrogen and oxygen atoms in total. The van der Waals surface area contributed by atoms with Crippen molar-refractivity contribution in [3.05, 3.63) is 29.8 Å². The summed E-state index contributed by atoms with van der Waals surface area (Å²) in [5.74, 6) is 0.251. The van der Waals surface area contributed by atoms with E-state index in [0.717, 1.165) is 6.42 Å². The molecule has 1 aliphatic rings. The van der Waals surface area contributed by atoms with E-state index in [9.17, 15) is 4.79 Å². The molecule has 1 aromatic carbocycles. The molecule has 0 N–H and O–H groups in total. The summed E-state index contributed by atoms with van der Waals surface area (Å²) in [7, 11) is 1.87. The topological polar surface area (TPSA) is 29.5 Å². The molecular formula is C14H19NO2S. The van der Waals surface area contributed by atoms with Gasteiger partial charge in [0.05, 0.1) is 12.5 Å². The van der Waals surface area contributed by atoms with Gasteiger partial charge >= 0.3 is 0 Å². The molecule has 1 atom stereocenters. The quantitative estimate of drug-likeness (QED) is 0.783. The summed E-state index contributed by atoms with van der Waals surface area (Å²) < 4.78 is 5.26. The van der Waals surface area contributed by atoms with Gasteiger partial charge in [0.1, 0.15) is 0 Å². The van der Waals surface area contributed by atoms with Crippen LogP contribution in [-0.2, 0) is 16.1 Å². The van der Waals surface area contributed by atoms with Crippen LogP contribution in [0.5, 0.6) is 0 Å². The number of hydrogen-bond donors (Lipinski definition) is 0. The number of hydrogen-bond acceptors (Lipinski definition) is 3. The number of carbonyl (C=O) groups is 1. The monoisotopic (exact) mass is 265 g/mol. The Labute approximate surface area is 113 Å². The van der Waals surface area contributed by atoms with E-state index in [1.165, 1.54) is 10.5 Å². The SMILES string of the molecule is CSc1cccc(CN(C)C(=O)[C@H]2CCOC2)c1. The zero-order valence-electron chi connectivity index (χ0n) is 10.9. The highest BCUT2D eigenvalue weighted by Crippen LogP contribution is 2.19. The fourth-order valence-corrected chi connectivity index (χ4v) is 2.65. The maximum absolute atomic E-state index is 12.1. The lowest BCUT2D eigenvalue weighted by molar-refractivity contribution is -0.134. The number of rotatable bonds is 4. The highest BCUT2D eigenvalue weighted by atomic mass is 32.2. The van der Waals surface area contributed by atoms with Crippen molar-refractivity contribution in [1.82, 2.24) is 4.90 Å². The average Bonchev–Trinajstić information content (AvgIpc) is 2.92. The van der Waals surface area contributed by atoms with Crippen molar-refractivity contribution in [2.75, 3.05) is 26.5 Å². The van der Waals surface area contributed by atoms with Crippen LogP contribution in [0.1, 0.15) is 12.0 Å². The van der Waals surface area contributed by atoms with Crippen molar-refractivity contribution in [3.63, 3.8) is 0 Å². The van der Waals surface area contributed by atoms with Crippen LogP contribution in [0.4, 0.5) is 0 Å². The molecule has 2 rings (SSSR count). The number of benzene rings is 1. The first-order chi connectivity index (χ1) is 8.70. The Morgan fingerprint density at radius 1 is 1.56 bits per heavy atom. The summed E-state index contributed by atoms with van der Waals surface area (Å²) in [6.07, 6.45) is 2.91. The van der Waals surface area contributed by atoms with Gasteiger partial charge in [-0.3, -0.25) is 4.79 Å². The van der Waals surface area contributed by atoms with Gasteiger partial charge in [0.2, 0.25) is 5.91 Å². The highest BCUT2D eigenvalue weighted by molar-refractivity contribution is 7.98. The van der Waals surface area contributed by atoms with Gasteiger partial charge in [-0.05, 0) is 30.4 Å². The van der Waals surface area contributed by atoms with E-state index < -0.39 is 0 Å². The van der Waals surface area contributed by atoms with Gasteiger partial charge in [0.15, 0.2) is 0 Å². The molecule has 1 saturated heterocycles. The van der Waals surface area contributed by atoms with Gasteiger partial charge < -0.3 is 9.64 Å². The van der Waals surface area contributed by atoms with Crippen molar-refractivity contribution in [1.29, 1.82) is 0 Å². The second-order valence-corrected chi connectivity index (χ2v) is 5.49. The van der Waals surface area contributed by atoms with Crippen molar-refractivity contribution in [3.8, 4) is 0 Å². The summed E-state index contributed by atoms with van der Waals surface area (Å²) in [4.78, 5) is 15.2. The second-order valence-electron chi connectivity index (χ2n) is 4.61. The maximum Gasteiger partial charge on any atom is 0.228 e. The van der Waals surface area contributed by atoms with E-state index in [4.69, 9.17) is 4.74 Å². The van der Waals surface area contributed by atoms with Gasteiger partial charge in [-0.1, -0.05) is 12.1 Å². The standard InChI is InChI=1S/C14H19NO2S/c1-15(14(16)12-6-7-17-10-12)9-11-4-3-5-13(8-11)18-2/h3-5,8,12H,6-7,9-10H2,1-2H3/t12-/m0/s1. The van der Waals surface area contributed by atoms with E-state index in [1.54, 1.807) is 16.7 Å². The Hall–Kier alpha value is -1.00. The van der Waals surface area contributed by atoms with Gasteiger partial charge in [0, 0.05) is 25.1 Å². The van der Waals surface area contributed by atoms with Crippen LogP contribution in [-0.4, -0.2) is 37.3 Å². The third-order valence-corrected chi connectivity index (χ3v) is 3.93. The Morgan fingerprint density at radius 3 is 3.06 bits per heavy atom. The third kappa shape index (κ3) is 3.27. The van der Waals surface area contributed by atoms with Gasteiger partial charge in [-0.2, -0.15) is 0 Å². The molecule has 0 unspecified atom stereocenters. The van der Waals surface area contributed by atoms with Crippen LogP contribution >= 0.6 is 11.8 Å². The lowest BCUT2D eigenvalue weighted by Crippen LogP contribution is -2.32. The molecule has 4 heteroatoms. The fourth-order valence-electron chi connectivity index (χ4n) is 2.16. The minimum atomic E-state index is 0.0544. The number of nitrogens with zero attached hydrogens (tertiary/aromatic N) is 1. The van der Waals surface area contributed by atoms with E-state index in [-0.39, 0.29) is 11.8 Å². The molecule has 1 aromatic rings. The van der Waals surface area contributed by atoms with Crippen LogP contribution < -0.4 is 0 Å². The lowest BCUT2D eigenvalue weighted by atomic mass is 10.1. The van der Waals surface area contributed by atoms with Gasteiger partial charge in [0.25, 0.3) is 0 Å². The minimum Gasteiger partial charge on any atom is -0.381 e. The molecular weight excluding hydrogens is 246 g/mol. The van der Waals surface area contributed by atoms with Crippen LogP contribution in [0, 0.1) is 5.92 Å². The number of amides is 1. The molecule has 0 spiro atoms. The Bertz CT molecular complexity index is 416. The van der Waals surface area contributed by atoms with Crippen LogP contribution in [0.15, 0.2) is 29.2 Å². The zero-order chi connectivity index (χ0) is 13.0. The first kappa shape index (κ1) is 13.4. The smallest absolute Gasteiger partial charge is 0.228 e. The first-order valence-electron chi connectivity index (χ1n) is 6.16. The normalized spacial score (nSPS) is 18.9. The van der Waals surface area contributed by atoms with Crippen LogP contribution in [0.2, 0.25) is 0 Å². The Morgan fingerprint density at radius 2 is 2.39 bits per heavy atom. The molecule has 0 bridgehead atoms. The predicted octanol–water partition coefficient (Wildman–Crippen LogP) is 2.40. The summed E-state index contributed by atoms with van der Waals surface area (Å²) in [6.45, 7) is 1.96. The van der Waals surface area contributed by atoms with Crippen molar-refractivity contribution in [2.45, 2.75) is 17.9 Å². The molecule has 0 saturated carbocycles. The summed E-state index contributed by atoms with van der Waals surface area (Å²) in [5, 5.41) is 0. The molecule has 1 amide bonds. The molecule has 1 fully saturated rings. The first-order valence-corrected chi connectivity index (χ1v) is 7.39. The molecule has 98 valence electrons. The second kappa shape index (κ2) is 6.25. The average molecular weight is 265 g/mol. The molecule has 1 heterocycles. The minimum absolute atomic E-state index is 0.0544. The summed E-state index contributed by atoms with van der Waals surface area (Å²) in [5.41, 5.74) is 1.18. The summed E-state index contributed by atoms with van der Waals surface area (Å²) >= 11 is 1.72. The number of carbonyl (C=O) groups excluding carboxylic acids is 1. The van der Waals surface area contributed by atoms with Crippen molar-refractivity contribution < 1.29 is 9.53 Å². The van der Waals surface area contributed by atoms with E-state index >= 15 is 0 Å². The zero-order valence-corrected chi connectivity index (χ0v) is 11.7. The Balaban J connectivity index is 1.97. The maximum atomic E-state index is 12.1. The van der Waals surface area contributed by atoms with Crippen LogP contribution in [0.25, 0.3) is 0 Å². The fraction of sp³-hybridized carbons (Fsp3) is 0.500. The molecule has 18 heavy (non-hydrogen) atoms. The van der Waals surface area contributed by atoms with E-state index in [2.05, 4.69) is 24.5 Å². The molecule has 0 aliphatic carbocycles. The van der Waals surface area contributed by atoms with Crippen molar-refractivity contribution in [2.24, 2.45) is 5.92 Å². The van der Waals surface area contributed by atoms with Gasteiger partial charge in [-0.25, -0.2) is 0 Å². The highest BCUT2D eigenvalue weighted by Gasteiger charge is 2.26. The van der Waals surface area contributed by atoms with Gasteiger partial charge in [-0.15, -0.1) is 11.8 Å². The van der Waals surface area contributed by atoms with Crippen molar-refractivity contribution >= 4 is 17.7 Å². The summed E-state index contributed by atoms with van der Waals surface area (Å²) in [6, 6.07) is 8.33. The molecule has 0 radical (unpaired) electrons.